The number of methoxy groups -OCH3 is 2. The normalized spacial score (nSPS) is 9.95. The van der Waals surface area contributed by atoms with E-state index >= 15 is 0 Å². The third-order valence-corrected chi connectivity index (χ3v) is 2.80. The number of rotatable bonds is 4. The molecule has 1 aromatic carbocycles. The minimum atomic E-state index is 0.371. The topological polar surface area (TPSA) is 40.6 Å². The summed E-state index contributed by atoms with van der Waals surface area (Å²) >= 11 is 0. The third-order valence-electron chi connectivity index (χ3n) is 2.80. The van der Waals surface area contributed by atoms with Crippen molar-refractivity contribution >= 4 is 10.9 Å². The summed E-state index contributed by atoms with van der Waals surface area (Å²) in [6.45, 7) is 2.94. The van der Waals surface area contributed by atoms with Gasteiger partial charge in [0, 0.05) is 12.0 Å². The van der Waals surface area contributed by atoms with Crippen LogP contribution in [-0.4, -0.2) is 32.4 Å². The number of nitrogens with zero attached hydrogens (tertiary/aromatic N) is 1. The fourth-order valence-corrected chi connectivity index (χ4v) is 1.91. The molecule has 0 N–H and O–H groups in total. The van der Waals surface area contributed by atoms with Crippen molar-refractivity contribution in [2.24, 2.45) is 0 Å². The smallest absolute Gasteiger partial charge is 0.233 e. The number of benzene rings is 1. The third kappa shape index (κ3) is 2.84. The Morgan fingerprint density at radius 1 is 1.15 bits per heavy atom. The highest BCUT2D eigenvalue weighted by molar-refractivity contribution is 5.88. The fraction of sp³-hybridized carbons (Fsp3) is 0.312. The van der Waals surface area contributed by atoms with Crippen LogP contribution in [0.25, 0.3) is 10.9 Å². The van der Waals surface area contributed by atoms with Crippen LogP contribution in [-0.2, 0) is 4.74 Å². The summed E-state index contributed by atoms with van der Waals surface area (Å²) in [6.07, 6.45) is 0. The summed E-state index contributed by atoms with van der Waals surface area (Å²) in [5, 5.41) is 0.913. The molecule has 0 atom stereocenters. The fourth-order valence-electron chi connectivity index (χ4n) is 1.91. The Bertz CT molecular complexity index is 656. The largest absolute Gasteiger partial charge is 0.495 e. The summed E-state index contributed by atoms with van der Waals surface area (Å²) in [5.74, 6) is 7.11. The summed E-state index contributed by atoms with van der Waals surface area (Å²) < 4.78 is 16.0. The molecule has 20 heavy (non-hydrogen) atoms. The van der Waals surface area contributed by atoms with Crippen molar-refractivity contribution in [1.29, 1.82) is 0 Å². The van der Waals surface area contributed by atoms with Gasteiger partial charge in [-0.1, -0.05) is 24.0 Å². The van der Waals surface area contributed by atoms with Crippen molar-refractivity contribution in [2.75, 3.05) is 27.4 Å². The molecule has 0 radical (unpaired) electrons. The molecule has 0 amide bonds. The molecule has 0 aliphatic heterocycles. The lowest BCUT2D eigenvalue weighted by Crippen LogP contribution is -1.98. The monoisotopic (exact) mass is 271 g/mol. The van der Waals surface area contributed by atoms with E-state index in [0.29, 0.717) is 30.4 Å². The lowest BCUT2D eigenvalue weighted by atomic mass is 10.1. The van der Waals surface area contributed by atoms with E-state index in [1.807, 2.05) is 31.2 Å². The molecule has 0 aliphatic carbocycles. The molecule has 104 valence electrons. The van der Waals surface area contributed by atoms with E-state index in [1.165, 1.54) is 0 Å². The number of hydrogen-bond acceptors (Lipinski definition) is 4. The van der Waals surface area contributed by atoms with Gasteiger partial charge in [-0.3, -0.25) is 0 Å². The lowest BCUT2D eigenvalue weighted by molar-refractivity contribution is 0.182. The van der Waals surface area contributed by atoms with Crippen LogP contribution in [0.1, 0.15) is 12.5 Å². The van der Waals surface area contributed by atoms with Gasteiger partial charge in [-0.25, -0.2) is 4.98 Å². The summed E-state index contributed by atoms with van der Waals surface area (Å²) in [4.78, 5) is 4.46. The van der Waals surface area contributed by atoms with Crippen LogP contribution in [0.2, 0.25) is 0 Å². The Balaban J connectivity index is 2.57. The Morgan fingerprint density at radius 3 is 2.65 bits per heavy atom. The van der Waals surface area contributed by atoms with Crippen LogP contribution in [0.5, 0.6) is 11.6 Å². The number of pyridine rings is 1. The molecular formula is C16H17NO3. The van der Waals surface area contributed by atoms with Gasteiger partial charge in [0.2, 0.25) is 5.88 Å². The molecule has 0 saturated heterocycles. The summed E-state index contributed by atoms with van der Waals surface area (Å²) in [7, 11) is 3.19. The maximum atomic E-state index is 5.49. The first-order valence-corrected chi connectivity index (χ1v) is 6.39. The van der Waals surface area contributed by atoms with Gasteiger partial charge in [0.15, 0.2) is 0 Å². The number of para-hydroxylation sites is 1. The van der Waals surface area contributed by atoms with Crippen molar-refractivity contribution < 1.29 is 14.2 Å². The predicted molar refractivity (Wildman–Crippen MR) is 78.2 cm³/mol. The number of ether oxygens (including phenoxy) is 3. The number of fused-ring (bicyclic) bond motifs is 1. The average Bonchev–Trinajstić information content (AvgIpc) is 2.50. The zero-order valence-corrected chi connectivity index (χ0v) is 11.9. The van der Waals surface area contributed by atoms with Crippen molar-refractivity contribution in [3.05, 3.63) is 29.8 Å². The Morgan fingerprint density at radius 2 is 1.95 bits per heavy atom. The minimum Gasteiger partial charge on any atom is -0.495 e. The Kier molecular flexibility index (Phi) is 4.80. The van der Waals surface area contributed by atoms with E-state index in [1.54, 1.807) is 14.2 Å². The molecule has 0 spiro atoms. The van der Waals surface area contributed by atoms with Gasteiger partial charge >= 0.3 is 0 Å². The van der Waals surface area contributed by atoms with E-state index < -0.39 is 0 Å². The second-order valence-electron chi connectivity index (χ2n) is 3.99. The van der Waals surface area contributed by atoms with Crippen LogP contribution in [0, 0.1) is 11.8 Å². The van der Waals surface area contributed by atoms with Gasteiger partial charge in [0.05, 0.1) is 19.7 Å². The zero-order chi connectivity index (χ0) is 14.4. The first-order valence-electron chi connectivity index (χ1n) is 6.39. The van der Waals surface area contributed by atoms with Crippen LogP contribution >= 0.6 is 0 Å². The molecule has 0 bridgehead atoms. The molecule has 0 fully saturated rings. The van der Waals surface area contributed by atoms with Gasteiger partial charge in [-0.2, -0.15) is 0 Å². The number of aromatic nitrogens is 1. The summed E-state index contributed by atoms with van der Waals surface area (Å²) in [5.41, 5.74) is 1.46. The molecule has 1 heterocycles. The molecular weight excluding hydrogens is 254 g/mol. The minimum absolute atomic E-state index is 0.371. The van der Waals surface area contributed by atoms with Crippen molar-refractivity contribution in [3.63, 3.8) is 0 Å². The van der Waals surface area contributed by atoms with Gasteiger partial charge in [0.25, 0.3) is 0 Å². The molecule has 4 nitrogen and oxygen atoms in total. The van der Waals surface area contributed by atoms with Crippen LogP contribution in [0.4, 0.5) is 0 Å². The molecule has 0 unspecified atom stereocenters. The SMILES string of the molecule is CCOCC#Cc1c(OC)nc2ccccc2c1OC. The van der Waals surface area contributed by atoms with Crippen LogP contribution < -0.4 is 9.47 Å². The van der Waals surface area contributed by atoms with E-state index in [4.69, 9.17) is 14.2 Å². The Hall–Kier alpha value is -2.25. The van der Waals surface area contributed by atoms with E-state index in [2.05, 4.69) is 16.8 Å². The van der Waals surface area contributed by atoms with Crippen molar-refractivity contribution in [2.45, 2.75) is 6.92 Å². The van der Waals surface area contributed by atoms with Gasteiger partial charge < -0.3 is 14.2 Å². The second-order valence-corrected chi connectivity index (χ2v) is 3.99. The highest BCUT2D eigenvalue weighted by atomic mass is 16.5. The van der Waals surface area contributed by atoms with E-state index in [-0.39, 0.29) is 0 Å². The van der Waals surface area contributed by atoms with Crippen LogP contribution in [0.3, 0.4) is 0 Å². The van der Waals surface area contributed by atoms with Crippen molar-refractivity contribution in [1.82, 2.24) is 4.98 Å². The summed E-state index contributed by atoms with van der Waals surface area (Å²) in [6, 6.07) is 7.73. The van der Waals surface area contributed by atoms with E-state index in [0.717, 1.165) is 10.9 Å². The highest BCUT2D eigenvalue weighted by Gasteiger charge is 2.14. The van der Waals surface area contributed by atoms with Gasteiger partial charge in [0.1, 0.15) is 17.9 Å². The predicted octanol–water partition coefficient (Wildman–Crippen LogP) is 2.64. The zero-order valence-electron chi connectivity index (χ0n) is 11.9. The molecule has 4 heteroatoms. The maximum absolute atomic E-state index is 5.49. The van der Waals surface area contributed by atoms with Crippen molar-refractivity contribution in [3.8, 4) is 23.5 Å². The molecule has 2 rings (SSSR count). The quantitative estimate of drug-likeness (QED) is 0.633. The second kappa shape index (κ2) is 6.78. The molecule has 2 aromatic rings. The first-order chi connectivity index (χ1) is 9.81. The Labute approximate surface area is 118 Å². The average molecular weight is 271 g/mol. The molecule has 1 aromatic heterocycles. The number of hydrogen-bond donors (Lipinski definition) is 0. The standard InChI is InChI=1S/C16H17NO3/c1-4-20-11-7-9-13-15(18-2)12-8-5-6-10-14(12)17-16(13)19-3/h5-6,8,10H,4,11H2,1-3H3. The first kappa shape index (κ1) is 14.2. The lowest BCUT2D eigenvalue weighted by Gasteiger charge is -2.11. The van der Waals surface area contributed by atoms with Gasteiger partial charge in [-0.05, 0) is 19.1 Å². The highest BCUT2D eigenvalue weighted by Crippen LogP contribution is 2.33. The van der Waals surface area contributed by atoms with E-state index in [9.17, 15) is 0 Å². The molecule has 0 saturated carbocycles. The van der Waals surface area contributed by atoms with Crippen LogP contribution in [0.15, 0.2) is 24.3 Å². The molecule has 0 aliphatic rings. The van der Waals surface area contributed by atoms with Gasteiger partial charge in [-0.15, -0.1) is 0 Å². The maximum Gasteiger partial charge on any atom is 0.233 e.